The number of hydrogen-bond donors (Lipinski definition) is 10. The summed E-state index contributed by atoms with van der Waals surface area (Å²) >= 11 is 9.02. The van der Waals surface area contributed by atoms with Crippen molar-refractivity contribution >= 4 is 151 Å². The molecule has 5 fully saturated rings. The van der Waals surface area contributed by atoms with Crippen LogP contribution in [-0.4, -0.2) is 255 Å². The molecular weight excluding hydrogens is 1970 g/mol. The maximum absolute atomic E-state index is 15.0. The van der Waals surface area contributed by atoms with Crippen LogP contribution < -0.4 is 69.5 Å². The molecule has 2 aromatic carbocycles. The lowest BCUT2D eigenvalue weighted by Crippen LogP contribution is -2.47. The number of nitrogens with two attached hydrogens (primary N) is 5. The van der Waals surface area contributed by atoms with Gasteiger partial charge in [0.15, 0.2) is 115 Å². The van der Waals surface area contributed by atoms with Crippen LogP contribution >= 0.6 is 27.5 Å². The Hall–Kier alpha value is -14.1. The molecule has 15 N–H and O–H groups in total. The molecule has 8 aliphatic rings. The molecule has 0 radical (unpaired) electrons. The molecular formula is C86H99BrClF5N22O26. The lowest BCUT2D eigenvalue weighted by molar-refractivity contribution is -0.157. The maximum atomic E-state index is 15.0. The standard InChI is InChI=1S/C20H22FN5O5.C17H18FN5O5.C14H16ClFN4O4.C14H17FN4O5.C14H17FN4O4.C4H6O3.C3H3Br/c1-3-12-13(21)15(30-10(2)27)18(31-12)26-16-14(17(28)25-19(22)24-16)23-20(26)29-9-11-7-5-4-6-8-11;18-10-9(6-24)28-15(12(10)25)23-13-11(14(26)22-16(19)21-13)20-17(23)27-7-8-4-2-1-3-5-8;1-3-7-9(16)10(23-5(2)21)13(24-7)20-8(22)4-6-11(15)18-14(17)19-12(6)20;1-3-7-9(15)10(23-5(2)20)13(24-7)19-8(21)4-6-11(19)17-14(16)18-12(6)22;1-3-8-10(15)11(22-6(2)20)13(23-8)19-9(21)4-7-5-17-14(16)18-12(7)19;1-3(5)7-4(2)6;1-2-3-4/h4-8,12-13,15,18H,3,9H2,1-2H3,(H3,22,24,25,28);1-5,9-10,12,15,24-25H,6-7H2,(H3,19,21,22,26);7,9-10,13H,3-4H2,1-2H3,(H2,17,18,19);7,9-10,13H,3-4H2,1-2H3,(H3,16,17,18,22);5,8,10-11,13H,3-4H2,1-2H3,(H2,16,17,18);1-2H3;1H,3H2/t12-,13-,15-,18-;9-,10-,12-,15-;2*7-,9-,10-,13-;8-,10-,11-,13-;;/m11111../s1. The fourth-order valence-electron chi connectivity index (χ4n) is 15.8. The number of rotatable bonds is 20. The van der Waals surface area contributed by atoms with Crippen molar-refractivity contribution in [2.75, 3.05) is 55.3 Å². The molecule has 17 rings (SSSR count). The van der Waals surface area contributed by atoms with E-state index in [1.54, 1.807) is 27.7 Å². The number of aromatic nitrogens is 14. The Balaban J connectivity index is 0.000000164. The van der Waals surface area contributed by atoms with E-state index in [1.165, 1.54) is 54.8 Å². The number of alkyl halides is 6. The molecule has 9 aromatic rings. The number of nitrogens with one attached hydrogen (secondary N) is 3. The third-order valence-corrected chi connectivity index (χ3v) is 22.4. The van der Waals surface area contributed by atoms with Crippen molar-refractivity contribution in [1.29, 1.82) is 0 Å². The number of ether oxygens (including phenoxy) is 12. The molecule has 0 spiro atoms. The van der Waals surface area contributed by atoms with Gasteiger partial charge >= 0.3 is 47.8 Å². The van der Waals surface area contributed by atoms with Gasteiger partial charge < -0.3 is 95.7 Å². The highest BCUT2D eigenvalue weighted by Crippen LogP contribution is 2.45. The van der Waals surface area contributed by atoms with E-state index in [1.807, 2.05) is 60.7 Å². The average molecular weight is 2070 g/mol. The average Bonchev–Trinajstić information content (AvgIpc) is 1.61. The minimum absolute atomic E-state index is 0.00526. The molecule has 20 atom stereocenters. The van der Waals surface area contributed by atoms with Gasteiger partial charge in [-0.1, -0.05) is 122 Å². The first-order chi connectivity index (χ1) is 67.0. The predicted molar refractivity (Wildman–Crippen MR) is 487 cm³/mol. The molecule has 7 aromatic heterocycles. The Morgan fingerprint density at radius 1 is 0.475 bits per heavy atom. The molecule has 0 bridgehead atoms. The van der Waals surface area contributed by atoms with Gasteiger partial charge in [0, 0.05) is 58.9 Å². The smallest absolute Gasteiger partial charge is 0.310 e. The summed E-state index contributed by atoms with van der Waals surface area (Å²) in [6.07, 6.45) is -17.7. The van der Waals surface area contributed by atoms with E-state index < -0.39 is 194 Å². The molecule has 0 saturated carbocycles. The molecule has 15 heterocycles. The molecule has 758 valence electrons. The van der Waals surface area contributed by atoms with Crippen molar-refractivity contribution in [2.45, 2.75) is 250 Å². The zero-order chi connectivity index (χ0) is 103. The maximum Gasteiger partial charge on any atom is 0.310 e. The van der Waals surface area contributed by atoms with E-state index in [-0.39, 0.29) is 131 Å². The van der Waals surface area contributed by atoms with Gasteiger partial charge in [0.2, 0.25) is 47.5 Å². The van der Waals surface area contributed by atoms with Crippen LogP contribution in [0.15, 0.2) is 81.2 Å². The normalized spacial score (nSPS) is 25.2. The van der Waals surface area contributed by atoms with E-state index in [0.717, 1.165) is 27.9 Å². The molecule has 0 unspecified atom stereocenters. The van der Waals surface area contributed by atoms with E-state index in [2.05, 4.69) is 86.4 Å². The number of nitrogen functional groups attached to an aromatic ring is 5. The van der Waals surface area contributed by atoms with Crippen LogP contribution in [0.25, 0.3) is 22.3 Å². The number of imidazole rings is 2. The number of anilines is 8. The Bertz CT molecular complexity index is 6300. The van der Waals surface area contributed by atoms with Gasteiger partial charge in [-0.05, 0) is 36.8 Å². The number of hydrogen-bond acceptors (Lipinski definition) is 40. The van der Waals surface area contributed by atoms with Gasteiger partial charge in [0.25, 0.3) is 16.7 Å². The minimum atomic E-state index is -1.84. The summed E-state index contributed by atoms with van der Waals surface area (Å²) in [4.78, 5) is 185. The number of carbonyl (C=O) groups excluding carboxylic acids is 9. The number of amides is 3. The lowest BCUT2D eigenvalue weighted by atomic mass is 10.1. The predicted octanol–water partition coefficient (Wildman–Crippen LogP) is 3.84. The SMILES string of the molecule is C#CCBr.CC(=O)OC(C)=O.CC[C@H]1O[C@@H](N2C(=O)Cc3c(Cl)nc(N)nc32)[C@H](OC(C)=O)[C@@H]1F.CC[C@H]1O[C@@H](N2C(=O)Cc3c2nc(N)[nH]c3=O)[C@H](OC(C)=O)[C@@H]1F.CC[C@H]1O[C@@H](N2C(=O)Cc3cnc(N)nc32)[C@H](OC(C)=O)[C@@H]1F.CC[C@H]1O[C@@H](n2c(OCc3ccccc3)nc3c(=O)[nH]c(N)nc32)[C@H](OC(C)=O)[C@@H]1F.Nc1nc2c(nc(OCc3ccccc3)n2[C@@H]2O[C@H](CO)[C@@H](F)[C@H]2O)c(=O)[nH]1. The van der Waals surface area contributed by atoms with Crippen molar-refractivity contribution in [2.24, 2.45) is 0 Å². The van der Waals surface area contributed by atoms with Crippen LogP contribution in [0.1, 0.15) is 135 Å². The Kier molecular flexibility index (Phi) is 36.0. The second kappa shape index (κ2) is 47.2. The van der Waals surface area contributed by atoms with Crippen molar-refractivity contribution in [1.82, 2.24) is 68.9 Å². The first kappa shape index (κ1) is 107. The summed E-state index contributed by atoms with van der Waals surface area (Å²) in [5.74, 6) is -2.89. The number of aliphatic hydroxyl groups excluding tert-OH is 2. The number of carbonyl (C=O) groups is 9. The first-order valence-electron chi connectivity index (χ1n) is 43.3. The number of aliphatic hydroxyl groups is 2. The van der Waals surface area contributed by atoms with E-state index in [9.17, 15) is 85.3 Å². The fraction of sp³-hybridized carbons (Fsp3) is 0.477. The number of benzene rings is 2. The van der Waals surface area contributed by atoms with Gasteiger partial charge in [-0.3, -0.25) is 87.2 Å². The molecule has 0 aliphatic carbocycles. The van der Waals surface area contributed by atoms with Gasteiger partial charge in [0.05, 0.1) is 61.2 Å². The Labute approximate surface area is 808 Å². The highest BCUT2D eigenvalue weighted by Gasteiger charge is 2.58. The second-order valence-corrected chi connectivity index (χ2v) is 32.6. The molecule has 3 amide bonds. The number of fused-ring (bicyclic) bond motifs is 5. The number of aromatic amines is 3. The molecule has 8 aliphatic heterocycles. The van der Waals surface area contributed by atoms with Gasteiger partial charge in [-0.2, -0.15) is 34.9 Å². The number of H-pyrrole nitrogens is 3. The van der Waals surface area contributed by atoms with E-state index >= 15 is 4.39 Å². The number of halogens is 7. The van der Waals surface area contributed by atoms with Crippen molar-refractivity contribution in [3.63, 3.8) is 0 Å². The quantitative estimate of drug-likeness (QED) is 0.00985. The number of nitrogens with zero attached hydrogens (tertiary/aromatic N) is 14. The summed E-state index contributed by atoms with van der Waals surface area (Å²) < 4.78 is 139. The van der Waals surface area contributed by atoms with Crippen LogP contribution in [0.3, 0.4) is 0 Å². The van der Waals surface area contributed by atoms with Gasteiger partial charge in [-0.15, -0.1) is 6.42 Å². The van der Waals surface area contributed by atoms with Crippen LogP contribution in [0.4, 0.5) is 69.1 Å². The third kappa shape index (κ3) is 24.7. The number of esters is 6. The zero-order valence-electron chi connectivity index (χ0n) is 76.7. The van der Waals surface area contributed by atoms with Crippen LogP contribution in [-0.2, 0) is 123 Å². The first-order valence-corrected chi connectivity index (χ1v) is 44.8. The second-order valence-electron chi connectivity index (χ2n) is 31.7. The monoisotopic (exact) mass is 2060 g/mol. The van der Waals surface area contributed by atoms with Crippen LogP contribution in [0, 0.1) is 12.3 Å². The highest BCUT2D eigenvalue weighted by atomic mass is 79.9. The Morgan fingerprint density at radius 3 is 1.21 bits per heavy atom. The van der Waals surface area contributed by atoms with Crippen LogP contribution in [0.5, 0.6) is 12.0 Å². The summed E-state index contributed by atoms with van der Waals surface area (Å²) in [5, 5.41) is 20.3. The van der Waals surface area contributed by atoms with Crippen LogP contribution in [0.2, 0.25) is 5.15 Å². The number of terminal acetylenes is 1. The molecule has 55 heteroatoms. The lowest BCUT2D eigenvalue weighted by Gasteiger charge is -2.27. The van der Waals surface area contributed by atoms with Crippen molar-refractivity contribution < 1.29 is 132 Å². The molecule has 5 saturated heterocycles. The summed E-state index contributed by atoms with van der Waals surface area (Å²) in [7, 11) is 0. The van der Waals surface area contributed by atoms with Gasteiger partial charge in [0.1, 0.15) is 42.2 Å². The fourth-order valence-corrected chi connectivity index (χ4v) is 16.0. The van der Waals surface area contributed by atoms with E-state index in [4.69, 9.17) is 98.8 Å². The zero-order valence-corrected chi connectivity index (χ0v) is 79.1. The highest BCUT2D eigenvalue weighted by molar-refractivity contribution is 9.09. The van der Waals surface area contributed by atoms with Gasteiger partial charge in [-0.25, -0.2) is 41.1 Å². The summed E-state index contributed by atoms with van der Waals surface area (Å²) in [6, 6.07) is 18.3. The third-order valence-electron chi connectivity index (χ3n) is 21.8. The topological polar surface area (TPSA) is 669 Å². The van der Waals surface area contributed by atoms with Crippen molar-refractivity contribution in [3.8, 4) is 24.4 Å². The minimum Gasteiger partial charge on any atom is -0.460 e. The van der Waals surface area contributed by atoms with E-state index in [0.29, 0.717) is 42.1 Å². The summed E-state index contributed by atoms with van der Waals surface area (Å²) in [6.45, 7) is 13.6. The Morgan fingerprint density at radius 2 is 0.830 bits per heavy atom. The molecule has 141 heavy (non-hydrogen) atoms. The van der Waals surface area contributed by atoms with Crippen molar-refractivity contribution in [3.05, 3.63) is 131 Å². The summed E-state index contributed by atoms with van der Waals surface area (Å²) in [5.41, 5.74) is 28.9. The largest absolute Gasteiger partial charge is 0.460 e. The molecule has 48 nitrogen and oxygen atoms in total.